The van der Waals surface area contributed by atoms with E-state index >= 15 is 0 Å². The predicted molar refractivity (Wildman–Crippen MR) is 73.3 cm³/mol. The highest BCUT2D eigenvalue weighted by molar-refractivity contribution is 7.89. The van der Waals surface area contributed by atoms with Gasteiger partial charge in [0.25, 0.3) is 10.0 Å². The lowest BCUT2D eigenvalue weighted by Gasteiger charge is -2.34. The third kappa shape index (κ3) is 2.98. The van der Waals surface area contributed by atoms with Crippen LogP contribution in [0.5, 0.6) is 0 Å². The summed E-state index contributed by atoms with van der Waals surface area (Å²) in [7, 11) is 0.135. The molecule has 0 amide bonds. The molecule has 1 aromatic rings. The first-order valence-corrected chi connectivity index (χ1v) is 8.16. The molecule has 2 heterocycles. The number of nitrogens with one attached hydrogen (secondary N) is 1. The van der Waals surface area contributed by atoms with Crippen LogP contribution in [-0.4, -0.2) is 48.7 Å². The van der Waals surface area contributed by atoms with Gasteiger partial charge in [-0.25, -0.2) is 8.42 Å². The topological polar surface area (TPSA) is 67.2 Å². The fraction of sp³-hybridized carbons (Fsp3) is 0.750. The maximum atomic E-state index is 12.7. The Labute approximate surface area is 114 Å². The second-order valence-corrected chi connectivity index (χ2v) is 6.79. The SMILES string of the molecule is CNCCC1CCCCN1S(=O)(=O)c1ccnn1C. The average Bonchev–Trinajstić information content (AvgIpc) is 2.83. The molecule has 0 spiro atoms. The molecule has 2 rings (SSSR count). The van der Waals surface area contributed by atoms with E-state index < -0.39 is 10.0 Å². The third-order valence-corrected chi connectivity index (χ3v) is 5.68. The van der Waals surface area contributed by atoms with Gasteiger partial charge in [-0.2, -0.15) is 9.40 Å². The lowest BCUT2D eigenvalue weighted by atomic mass is 10.0. The largest absolute Gasteiger partial charge is 0.320 e. The van der Waals surface area contributed by atoms with Gasteiger partial charge in [0.05, 0.1) is 6.20 Å². The Morgan fingerprint density at radius 3 is 2.89 bits per heavy atom. The van der Waals surface area contributed by atoms with Gasteiger partial charge < -0.3 is 5.32 Å². The molecule has 1 atom stereocenters. The first-order valence-electron chi connectivity index (χ1n) is 6.72. The lowest BCUT2D eigenvalue weighted by molar-refractivity contribution is 0.239. The van der Waals surface area contributed by atoms with Crippen molar-refractivity contribution in [2.24, 2.45) is 7.05 Å². The number of aromatic nitrogens is 2. The van der Waals surface area contributed by atoms with Crippen LogP contribution in [0.15, 0.2) is 17.3 Å². The zero-order valence-corrected chi connectivity index (χ0v) is 12.4. The molecule has 0 bridgehead atoms. The summed E-state index contributed by atoms with van der Waals surface area (Å²) in [5, 5.41) is 7.34. The molecule has 0 aromatic carbocycles. The highest BCUT2D eigenvalue weighted by atomic mass is 32.2. The van der Waals surface area contributed by atoms with E-state index in [4.69, 9.17) is 0 Å². The fourth-order valence-corrected chi connectivity index (χ4v) is 4.45. The van der Waals surface area contributed by atoms with Crippen LogP contribution >= 0.6 is 0 Å². The van der Waals surface area contributed by atoms with Gasteiger partial charge in [-0.3, -0.25) is 4.68 Å². The summed E-state index contributed by atoms with van der Waals surface area (Å²) in [4.78, 5) is 0. The smallest absolute Gasteiger partial charge is 0.260 e. The van der Waals surface area contributed by atoms with Crippen LogP contribution in [0.3, 0.4) is 0 Å². The van der Waals surface area contributed by atoms with E-state index in [0.29, 0.717) is 6.54 Å². The minimum Gasteiger partial charge on any atom is -0.320 e. The second-order valence-electron chi connectivity index (χ2n) is 4.95. The van der Waals surface area contributed by atoms with Gasteiger partial charge in [0.1, 0.15) is 0 Å². The van der Waals surface area contributed by atoms with Gasteiger partial charge in [0.2, 0.25) is 0 Å². The van der Waals surface area contributed by atoms with E-state index in [1.165, 1.54) is 10.9 Å². The van der Waals surface area contributed by atoms with Crippen molar-refractivity contribution in [3.05, 3.63) is 12.3 Å². The average molecular weight is 286 g/mol. The predicted octanol–water partition coefficient (Wildman–Crippen LogP) is 0.573. The Kier molecular flexibility index (Phi) is 4.59. The molecular weight excluding hydrogens is 264 g/mol. The van der Waals surface area contributed by atoms with Gasteiger partial charge in [-0.1, -0.05) is 6.42 Å². The number of piperidine rings is 1. The van der Waals surface area contributed by atoms with Crippen LogP contribution < -0.4 is 5.32 Å². The Balaban J connectivity index is 2.24. The summed E-state index contributed by atoms with van der Waals surface area (Å²) >= 11 is 0. The molecular formula is C12H22N4O2S. The summed E-state index contributed by atoms with van der Waals surface area (Å²) < 4.78 is 28.5. The number of hydrogen-bond acceptors (Lipinski definition) is 4. The van der Waals surface area contributed by atoms with Crippen molar-refractivity contribution in [1.82, 2.24) is 19.4 Å². The first kappa shape index (κ1) is 14.5. The van der Waals surface area contributed by atoms with Gasteiger partial charge in [-0.05, 0) is 38.9 Å². The van der Waals surface area contributed by atoms with E-state index in [-0.39, 0.29) is 11.1 Å². The monoisotopic (exact) mass is 286 g/mol. The van der Waals surface area contributed by atoms with E-state index in [0.717, 1.165) is 32.2 Å². The van der Waals surface area contributed by atoms with Crippen LogP contribution in [0.2, 0.25) is 0 Å². The van der Waals surface area contributed by atoms with E-state index in [9.17, 15) is 8.42 Å². The van der Waals surface area contributed by atoms with Gasteiger partial charge in [-0.15, -0.1) is 0 Å². The lowest BCUT2D eigenvalue weighted by Crippen LogP contribution is -2.45. The summed E-state index contributed by atoms with van der Waals surface area (Å²) in [6, 6.07) is 1.67. The minimum atomic E-state index is -3.42. The second kappa shape index (κ2) is 6.02. The van der Waals surface area contributed by atoms with Gasteiger partial charge in [0.15, 0.2) is 5.03 Å². The number of hydrogen-bond donors (Lipinski definition) is 1. The molecule has 1 aromatic heterocycles. The van der Waals surface area contributed by atoms with Crippen molar-refractivity contribution in [1.29, 1.82) is 0 Å². The first-order chi connectivity index (χ1) is 9.07. The maximum Gasteiger partial charge on any atom is 0.260 e. The molecule has 0 aliphatic carbocycles. The molecule has 1 saturated heterocycles. The van der Waals surface area contributed by atoms with Crippen molar-refractivity contribution < 1.29 is 8.42 Å². The molecule has 1 N–H and O–H groups in total. The summed E-state index contributed by atoms with van der Waals surface area (Å²) in [5.74, 6) is 0. The fourth-order valence-electron chi connectivity index (χ4n) is 2.62. The third-order valence-electron chi connectivity index (χ3n) is 3.65. The Morgan fingerprint density at radius 1 is 1.47 bits per heavy atom. The summed E-state index contributed by atoms with van der Waals surface area (Å²) in [5.41, 5.74) is 0. The van der Waals surface area contributed by atoms with Crippen molar-refractivity contribution in [3.8, 4) is 0 Å². The number of nitrogens with zero attached hydrogens (tertiary/aromatic N) is 3. The van der Waals surface area contributed by atoms with Gasteiger partial charge >= 0.3 is 0 Å². The molecule has 1 aliphatic rings. The van der Waals surface area contributed by atoms with Crippen LogP contribution in [0, 0.1) is 0 Å². The molecule has 19 heavy (non-hydrogen) atoms. The van der Waals surface area contributed by atoms with Crippen LogP contribution in [0.1, 0.15) is 25.7 Å². The number of aryl methyl sites for hydroxylation is 1. The molecule has 1 unspecified atom stereocenters. The molecule has 7 heteroatoms. The van der Waals surface area contributed by atoms with Gasteiger partial charge in [0, 0.05) is 19.6 Å². The van der Waals surface area contributed by atoms with E-state index in [1.807, 2.05) is 7.05 Å². The molecule has 0 radical (unpaired) electrons. The van der Waals surface area contributed by atoms with Crippen molar-refractivity contribution in [2.45, 2.75) is 36.8 Å². The zero-order valence-electron chi connectivity index (χ0n) is 11.5. The Bertz CT molecular complexity index is 512. The molecule has 6 nitrogen and oxygen atoms in total. The van der Waals surface area contributed by atoms with E-state index in [1.54, 1.807) is 17.4 Å². The van der Waals surface area contributed by atoms with E-state index in [2.05, 4.69) is 10.4 Å². The Hall–Kier alpha value is -0.920. The molecule has 0 saturated carbocycles. The van der Waals surface area contributed by atoms with Crippen molar-refractivity contribution in [3.63, 3.8) is 0 Å². The molecule has 1 fully saturated rings. The summed E-state index contributed by atoms with van der Waals surface area (Å²) in [6.07, 6.45) is 5.37. The standard InChI is InChI=1S/C12H22N4O2S/c1-13-8-6-11-5-3-4-10-16(11)19(17,18)12-7-9-14-15(12)2/h7,9,11,13H,3-6,8,10H2,1-2H3. The number of sulfonamides is 1. The zero-order chi connectivity index (χ0) is 13.9. The van der Waals surface area contributed by atoms with Crippen LogP contribution in [0.4, 0.5) is 0 Å². The number of rotatable bonds is 5. The quantitative estimate of drug-likeness (QED) is 0.859. The minimum absolute atomic E-state index is 0.0982. The van der Waals surface area contributed by atoms with Crippen LogP contribution in [-0.2, 0) is 17.1 Å². The molecule has 108 valence electrons. The highest BCUT2D eigenvalue weighted by Crippen LogP contribution is 2.26. The van der Waals surface area contributed by atoms with Crippen molar-refractivity contribution in [2.75, 3.05) is 20.1 Å². The maximum absolute atomic E-state index is 12.7. The van der Waals surface area contributed by atoms with Crippen molar-refractivity contribution >= 4 is 10.0 Å². The highest BCUT2D eigenvalue weighted by Gasteiger charge is 2.34. The normalized spacial score (nSPS) is 21.7. The van der Waals surface area contributed by atoms with Crippen LogP contribution in [0.25, 0.3) is 0 Å². The summed E-state index contributed by atoms with van der Waals surface area (Å²) in [6.45, 7) is 1.45. The Morgan fingerprint density at radius 2 is 2.26 bits per heavy atom. The molecule has 1 aliphatic heterocycles.